The van der Waals surface area contributed by atoms with Gasteiger partial charge in [-0.1, -0.05) is 18.2 Å². The van der Waals surface area contributed by atoms with Crippen LogP contribution in [0.25, 0.3) is 0 Å². The van der Waals surface area contributed by atoms with Gasteiger partial charge >= 0.3 is 6.03 Å². The van der Waals surface area contributed by atoms with Gasteiger partial charge in [-0.15, -0.1) is 24.0 Å². The van der Waals surface area contributed by atoms with Crippen molar-refractivity contribution >= 4 is 53.5 Å². The van der Waals surface area contributed by atoms with Crippen LogP contribution in [0.3, 0.4) is 0 Å². The number of amides is 4. The first-order valence-electron chi connectivity index (χ1n) is 10.5. The van der Waals surface area contributed by atoms with Crippen LogP contribution >= 0.6 is 24.0 Å². The monoisotopic (exact) mass is 540 g/mol. The van der Waals surface area contributed by atoms with E-state index in [1.807, 2.05) is 17.0 Å². The lowest BCUT2D eigenvalue weighted by Gasteiger charge is -2.24. The summed E-state index contributed by atoms with van der Waals surface area (Å²) in [6, 6.07) is 7.94. The van der Waals surface area contributed by atoms with E-state index in [2.05, 4.69) is 32.7 Å². The molecule has 0 aromatic heterocycles. The Balaban J connectivity index is 0.00000272. The third-order valence-electron chi connectivity index (χ3n) is 6.01. The molecule has 2 fully saturated rings. The molecule has 31 heavy (non-hydrogen) atoms. The zero-order valence-corrected chi connectivity index (χ0v) is 20.0. The Morgan fingerprint density at radius 3 is 2.68 bits per heavy atom. The van der Waals surface area contributed by atoms with Crippen molar-refractivity contribution in [2.75, 3.05) is 51.2 Å². The summed E-state index contributed by atoms with van der Waals surface area (Å²) in [4.78, 5) is 45.1. The SMILES string of the molecule is CN=C(NCCN1C(=O)CNC1=O)N1CC(CCN2CCCC2=O)c2ccccc21.I. The van der Waals surface area contributed by atoms with Gasteiger partial charge in [0.05, 0.1) is 6.54 Å². The predicted octanol–water partition coefficient (Wildman–Crippen LogP) is 1.35. The fourth-order valence-corrected chi connectivity index (χ4v) is 4.45. The predicted molar refractivity (Wildman–Crippen MR) is 129 cm³/mol. The van der Waals surface area contributed by atoms with E-state index in [1.54, 1.807) is 7.05 Å². The van der Waals surface area contributed by atoms with Gasteiger partial charge in [0.25, 0.3) is 0 Å². The number of urea groups is 1. The van der Waals surface area contributed by atoms with Crippen LogP contribution in [0.2, 0.25) is 0 Å². The summed E-state index contributed by atoms with van der Waals surface area (Å²) in [5.41, 5.74) is 2.37. The third-order valence-corrected chi connectivity index (χ3v) is 6.01. The van der Waals surface area contributed by atoms with Gasteiger partial charge < -0.3 is 20.4 Å². The molecule has 10 heteroatoms. The summed E-state index contributed by atoms with van der Waals surface area (Å²) in [6.07, 6.45) is 2.54. The van der Waals surface area contributed by atoms with Crippen LogP contribution in [0.1, 0.15) is 30.7 Å². The molecule has 3 aliphatic heterocycles. The molecule has 0 saturated carbocycles. The first-order chi connectivity index (χ1) is 14.6. The van der Waals surface area contributed by atoms with Gasteiger partial charge in [-0.2, -0.15) is 0 Å². The highest BCUT2D eigenvalue weighted by Crippen LogP contribution is 2.38. The summed E-state index contributed by atoms with van der Waals surface area (Å²) in [5, 5.41) is 5.81. The fourth-order valence-electron chi connectivity index (χ4n) is 4.45. The van der Waals surface area contributed by atoms with E-state index in [-0.39, 0.29) is 48.4 Å². The van der Waals surface area contributed by atoms with Crippen molar-refractivity contribution in [1.29, 1.82) is 0 Å². The van der Waals surface area contributed by atoms with E-state index in [0.717, 1.165) is 38.2 Å². The number of aliphatic imine (C=N–C) groups is 1. The van der Waals surface area contributed by atoms with Crippen molar-refractivity contribution in [2.24, 2.45) is 4.99 Å². The molecule has 0 aliphatic carbocycles. The van der Waals surface area contributed by atoms with E-state index in [4.69, 9.17) is 0 Å². The molecule has 9 nitrogen and oxygen atoms in total. The van der Waals surface area contributed by atoms with E-state index in [1.165, 1.54) is 10.5 Å². The Morgan fingerprint density at radius 1 is 1.19 bits per heavy atom. The maximum atomic E-state index is 11.9. The number of guanidine groups is 1. The van der Waals surface area contributed by atoms with Gasteiger partial charge in [0, 0.05) is 57.8 Å². The van der Waals surface area contributed by atoms with Crippen molar-refractivity contribution in [3.05, 3.63) is 29.8 Å². The van der Waals surface area contributed by atoms with Crippen LogP contribution < -0.4 is 15.5 Å². The summed E-state index contributed by atoms with van der Waals surface area (Å²) in [6.45, 7) is 3.21. The van der Waals surface area contributed by atoms with Crippen LogP contribution in [-0.2, 0) is 9.59 Å². The first-order valence-corrected chi connectivity index (χ1v) is 10.5. The number of nitrogens with one attached hydrogen (secondary N) is 2. The number of rotatable bonds is 6. The molecule has 1 aromatic carbocycles. The number of carbonyl (C=O) groups excluding carboxylic acids is 3. The van der Waals surface area contributed by atoms with Gasteiger partial charge in [0.1, 0.15) is 0 Å². The second-order valence-corrected chi connectivity index (χ2v) is 7.82. The minimum atomic E-state index is -0.347. The number of anilines is 1. The van der Waals surface area contributed by atoms with Gasteiger partial charge in [-0.25, -0.2) is 4.79 Å². The van der Waals surface area contributed by atoms with Crippen LogP contribution in [0.4, 0.5) is 10.5 Å². The Morgan fingerprint density at radius 2 is 2.00 bits per heavy atom. The van der Waals surface area contributed by atoms with E-state index < -0.39 is 0 Å². The molecule has 168 valence electrons. The quantitative estimate of drug-likeness (QED) is 0.246. The van der Waals surface area contributed by atoms with Crippen molar-refractivity contribution in [1.82, 2.24) is 20.4 Å². The Hall–Kier alpha value is -2.37. The molecule has 3 aliphatic rings. The molecular weight excluding hydrogens is 511 g/mol. The second-order valence-electron chi connectivity index (χ2n) is 7.82. The highest BCUT2D eigenvalue weighted by Gasteiger charge is 2.32. The number of carbonyl (C=O) groups is 3. The first kappa shape index (κ1) is 23.3. The molecule has 1 aromatic rings. The number of hydrogen-bond donors (Lipinski definition) is 2. The minimum absolute atomic E-state index is 0. The van der Waals surface area contributed by atoms with Crippen molar-refractivity contribution in [2.45, 2.75) is 25.2 Å². The molecule has 3 heterocycles. The normalized spacial score (nSPS) is 20.8. The third kappa shape index (κ3) is 4.94. The number of imide groups is 1. The summed E-state index contributed by atoms with van der Waals surface area (Å²) < 4.78 is 0. The highest BCUT2D eigenvalue weighted by molar-refractivity contribution is 14.0. The number of para-hydroxylation sites is 1. The lowest BCUT2D eigenvalue weighted by atomic mass is 9.98. The molecule has 2 saturated heterocycles. The minimum Gasteiger partial charge on any atom is -0.354 e. The van der Waals surface area contributed by atoms with E-state index in [0.29, 0.717) is 31.4 Å². The molecule has 4 rings (SSSR count). The van der Waals surface area contributed by atoms with Crippen LogP contribution in [-0.4, -0.2) is 79.9 Å². The van der Waals surface area contributed by atoms with Crippen LogP contribution in [0.15, 0.2) is 29.3 Å². The Labute approximate surface area is 199 Å². The molecule has 0 bridgehead atoms. The number of halogens is 1. The summed E-state index contributed by atoms with van der Waals surface area (Å²) in [7, 11) is 1.73. The number of nitrogens with zero attached hydrogens (tertiary/aromatic N) is 4. The summed E-state index contributed by atoms with van der Waals surface area (Å²) >= 11 is 0. The number of fused-ring (bicyclic) bond motifs is 1. The average Bonchev–Trinajstić information content (AvgIpc) is 3.42. The van der Waals surface area contributed by atoms with E-state index >= 15 is 0 Å². The largest absolute Gasteiger partial charge is 0.354 e. The molecular formula is C21H29IN6O3. The van der Waals surface area contributed by atoms with Crippen molar-refractivity contribution in [3.63, 3.8) is 0 Å². The van der Waals surface area contributed by atoms with Crippen LogP contribution in [0.5, 0.6) is 0 Å². The maximum Gasteiger partial charge on any atom is 0.324 e. The standard InChI is InChI=1S/C21H28N6O3.HI/c1-22-20(23-9-12-26-19(29)13-24-21(26)30)27-14-15(16-5-2-3-6-17(16)27)8-11-25-10-4-7-18(25)28;/h2-3,5-6,15H,4,7-14H2,1H3,(H,22,23)(H,24,30);1H. The topological polar surface area (TPSA) is 97.3 Å². The Kier molecular flexibility index (Phi) is 7.74. The zero-order chi connectivity index (χ0) is 21.1. The number of likely N-dealkylation sites (tertiary alicyclic amines) is 1. The second kappa shape index (κ2) is 10.3. The molecule has 2 N–H and O–H groups in total. The smallest absolute Gasteiger partial charge is 0.324 e. The van der Waals surface area contributed by atoms with Gasteiger partial charge in [0.15, 0.2) is 5.96 Å². The lowest BCUT2D eigenvalue weighted by molar-refractivity contribution is -0.128. The summed E-state index contributed by atoms with van der Waals surface area (Å²) in [5.74, 6) is 1.09. The average molecular weight is 540 g/mol. The van der Waals surface area contributed by atoms with Crippen molar-refractivity contribution in [3.8, 4) is 0 Å². The number of hydrogen-bond acceptors (Lipinski definition) is 4. The molecule has 1 unspecified atom stereocenters. The Bertz CT molecular complexity index is 860. The molecule has 4 amide bonds. The molecule has 0 spiro atoms. The van der Waals surface area contributed by atoms with Crippen molar-refractivity contribution < 1.29 is 14.4 Å². The van der Waals surface area contributed by atoms with Gasteiger partial charge in [0.2, 0.25) is 11.8 Å². The van der Waals surface area contributed by atoms with Gasteiger partial charge in [-0.05, 0) is 24.5 Å². The van der Waals surface area contributed by atoms with Gasteiger partial charge in [-0.3, -0.25) is 19.5 Å². The number of benzene rings is 1. The highest BCUT2D eigenvalue weighted by atomic mass is 127. The zero-order valence-electron chi connectivity index (χ0n) is 17.7. The van der Waals surface area contributed by atoms with E-state index in [9.17, 15) is 14.4 Å². The molecule has 1 atom stereocenters. The maximum absolute atomic E-state index is 11.9. The van der Waals surface area contributed by atoms with Crippen LogP contribution in [0, 0.1) is 0 Å². The molecule has 0 radical (unpaired) electrons. The fraction of sp³-hybridized carbons (Fsp3) is 0.524. The lowest BCUT2D eigenvalue weighted by Crippen LogP contribution is -2.45.